The SMILES string of the molecule is COc1ccc2ncc3c(c2c1)C(C=O)CCC3. The highest BCUT2D eigenvalue weighted by molar-refractivity contribution is 5.88. The fraction of sp³-hybridized carbons (Fsp3) is 0.333. The van der Waals surface area contributed by atoms with Gasteiger partial charge in [0.15, 0.2) is 0 Å². The van der Waals surface area contributed by atoms with Crippen molar-refractivity contribution in [2.45, 2.75) is 25.2 Å². The molecule has 0 aliphatic heterocycles. The fourth-order valence-corrected chi connectivity index (χ4v) is 2.79. The lowest BCUT2D eigenvalue weighted by Crippen LogP contribution is -2.12. The van der Waals surface area contributed by atoms with Crippen molar-refractivity contribution in [2.24, 2.45) is 0 Å². The molecular formula is C15H15NO2. The predicted octanol–water partition coefficient (Wildman–Crippen LogP) is 2.86. The van der Waals surface area contributed by atoms with E-state index in [9.17, 15) is 4.79 Å². The first-order valence-electron chi connectivity index (χ1n) is 6.24. The topological polar surface area (TPSA) is 39.2 Å². The molecule has 0 amide bonds. The zero-order chi connectivity index (χ0) is 12.5. The van der Waals surface area contributed by atoms with Gasteiger partial charge in [0.1, 0.15) is 12.0 Å². The van der Waals surface area contributed by atoms with Crippen LogP contribution in [0.2, 0.25) is 0 Å². The maximum Gasteiger partial charge on any atom is 0.127 e. The molecule has 0 saturated heterocycles. The number of rotatable bonds is 2. The summed E-state index contributed by atoms with van der Waals surface area (Å²) in [7, 11) is 1.65. The Balaban J connectivity index is 2.30. The summed E-state index contributed by atoms with van der Waals surface area (Å²) in [6.45, 7) is 0. The zero-order valence-electron chi connectivity index (χ0n) is 10.3. The number of methoxy groups -OCH3 is 1. The molecule has 0 spiro atoms. The number of carbonyl (C=O) groups is 1. The van der Waals surface area contributed by atoms with Crippen LogP contribution in [0.15, 0.2) is 24.4 Å². The Morgan fingerprint density at radius 2 is 2.33 bits per heavy atom. The van der Waals surface area contributed by atoms with Gasteiger partial charge in [-0.25, -0.2) is 0 Å². The number of benzene rings is 1. The number of aldehydes is 1. The summed E-state index contributed by atoms with van der Waals surface area (Å²) in [5.74, 6) is 0.819. The Hall–Kier alpha value is -1.90. The molecule has 0 saturated carbocycles. The molecule has 18 heavy (non-hydrogen) atoms. The number of hydrogen-bond acceptors (Lipinski definition) is 3. The summed E-state index contributed by atoms with van der Waals surface area (Å²) >= 11 is 0. The maximum absolute atomic E-state index is 11.3. The minimum absolute atomic E-state index is 0.00589. The van der Waals surface area contributed by atoms with Gasteiger partial charge in [0.25, 0.3) is 0 Å². The summed E-state index contributed by atoms with van der Waals surface area (Å²) in [6.07, 6.45) is 6.00. The van der Waals surface area contributed by atoms with Gasteiger partial charge in [0.05, 0.1) is 12.6 Å². The van der Waals surface area contributed by atoms with Crippen LogP contribution in [0.25, 0.3) is 10.9 Å². The van der Waals surface area contributed by atoms with Crippen molar-refractivity contribution < 1.29 is 9.53 Å². The van der Waals surface area contributed by atoms with E-state index in [1.54, 1.807) is 7.11 Å². The van der Waals surface area contributed by atoms with Gasteiger partial charge in [-0.1, -0.05) is 0 Å². The minimum atomic E-state index is 0.00589. The van der Waals surface area contributed by atoms with Crippen LogP contribution in [-0.4, -0.2) is 18.4 Å². The maximum atomic E-state index is 11.3. The van der Waals surface area contributed by atoms with Crippen LogP contribution in [0.4, 0.5) is 0 Å². The molecule has 0 N–H and O–H groups in total. The molecule has 1 aliphatic rings. The molecule has 1 unspecified atom stereocenters. The Bertz CT molecular complexity index is 601. The van der Waals surface area contributed by atoms with Crippen LogP contribution in [0, 0.1) is 0 Å². The number of fused-ring (bicyclic) bond motifs is 3. The Morgan fingerprint density at radius 3 is 3.11 bits per heavy atom. The summed E-state index contributed by atoms with van der Waals surface area (Å²) in [4.78, 5) is 15.7. The van der Waals surface area contributed by atoms with Gasteiger partial charge >= 0.3 is 0 Å². The smallest absolute Gasteiger partial charge is 0.127 e. The zero-order valence-corrected chi connectivity index (χ0v) is 10.3. The van der Waals surface area contributed by atoms with E-state index in [0.717, 1.165) is 47.8 Å². The van der Waals surface area contributed by atoms with Crippen molar-refractivity contribution >= 4 is 17.2 Å². The Morgan fingerprint density at radius 1 is 1.44 bits per heavy atom. The molecule has 0 bridgehead atoms. The van der Waals surface area contributed by atoms with E-state index in [1.165, 1.54) is 5.56 Å². The van der Waals surface area contributed by atoms with Crippen molar-refractivity contribution in [1.82, 2.24) is 4.98 Å². The highest BCUT2D eigenvalue weighted by atomic mass is 16.5. The molecule has 1 atom stereocenters. The number of ether oxygens (including phenoxy) is 1. The molecular weight excluding hydrogens is 226 g/mol. The third kappa shape index (κ3) is 1.67. The van der Waals surface area contributed by atoms with Crippen LogP contribution in [0.1, 0.15) is 29.9 Å². The second kappa shape index (κ2) is 4.41. The van der Waals surface area contributed by atoms with E-state index in [0.29, 0.717) is 0 Å². The quantitative estimate of drug-likeness (QED) is 0.759. The minimum Gasteiger partial charge on any atom is -0.497 e. The third-order valence-corrected chi connectivity index (χ3v) is 3.70. The van der Waals surface area contributed by atoms with E-state index >= 15 is 0 Å². The predicted molar refractivity (Wildman–Crippen MR) is 70.0 cm³/mol. The van der Waals surface area contributed by atoms with Gasteiger partial charge in [-0.3, -0.25) is 4.98 Å². The van der Waals surface area contributed by atoms with Gasteiger partial charge in [-0.05, 0) is 48.6 Å². The standard InChI is InChI=1S/C15H15NO2/c1-18-12-5-6-14-13(7-12)15-10(8-16-14)3-2-4-11(15)9-17/h5-9,11H,2-4H2,1H3. The first-order valence-corrected chi connectivity index (χ1v) is 6.24. The highest BCUT2D eigenvalue weighted by Gasteiger charge is 2.22. The van der Waals surface area contributed by atoms with E-state index in [-0.39, 0.29) is 5.92 Å². The number of nitrogens with zero attached hydrogens (tertiary/aromatic N) is 1. The average molecular weight is 241 g/mol. The van der Waals surface area contributed by atoms with Gasteiger partial charge in [-0.15, -0.1) is 0 Å². The van der Waals surface area contributed by atoms with Crippen molar-refractivity contribution in [3.63, 3.8) is 0 Å². The van der Waals surface area contributed by atoms with Crippen molar-refractivity contribution in [2.75, 3.05) is 7.11 Å². The molecule has 1 aliphatic carbocycles. The normalized spacial score (nSPS) is 18.4. The van der Waals surface area contributed by atoms with Crippen LogP contribution in [0.3, 0.4) is 0 Å². The number of aryl methyl sites for hydroxylation is 1. The van der Waals surface area contributed by atoms with Crippen LogP contribution < -0.4 is 4.74 Å². The van der Waals surface area contributed by atoms with Gasteiger partial charge in [0.2, 0.25) is 0 Å². The van der Waals surface area contributed by atoms with Gasteiger partial charge < -0.3 is 9.53 Å². The first-order chi connectivity index (χ1) is 8.83. The number of hydrogen-bond donors (Lipinski definition) is 0. The summed E-state index contributed by atoms with van der Waals surface area (Å²) in [5.41, 5.74) is 3.29. The number of carbonyl (C=O) groups excluding carboxylic acids is 1. The molecule has 3 nitrogen and oxygen atoms in total. The van der Waals surface area contributed by atoms with Gasteiger partial charge in [-0.2, -0.15) is 0 Å². The number of pyridine rings is 1. The fourth-order valence-electron chi connectivity index (χ4n) is 2.79. The number of aromatic nitrogens is 1. The van der Waals surface area contributed by atoms with Crippen LogP contribution in [0.5, 0.6) is 5.75 Å². The monoisotopic (exact) mass is 241 g/mol. The molecule has 3 heteroatoms. The highest BCUT2D eigenvalue weighted by Crippen LogP contribution is 2.36. The van der Waals surface area contributed by atoms with E-state index in [1.807, 2.05) is 24.4 Å². The lowest BCUT2D eigenvalue weighted by atomic mass is 9.82. The summed E-state index contributed by atoms with van der Waals surface area (Å²) in [5, 5.41) is 1.06. The molecule has 92 valence electrons. The average Bonchev–Trinajstić information content (AvgIpc) is 2.45. The van der Waals surface area contributed by atoms with Crippen molar-refractivity contribution in [3.05, 3.63) is 35.5 Å². The van der Waals surface area contributed by atoms with Gasteiger partial charge in [0, 0.05) is 17.5 Å². The van der Waals surface area contributed by atoms with Crippen molar-refractivity contribution in [1.29, 1.82) is 0 Å². The molecule has 1 aromatic heterocycles. The van der Waals surface area contributed by atoms with E-state index in [2.05, 4.69) is 4.98 Å². The second-order valence-corrected chi connectivity index (χ2v) is 4.71. The summed E-state index contributed by atoms with van der Waals surface area (Å²) < 4.78 is 5.27. The molecule has 3 rings (SSSR count). The summed E-state index contributed by atoms with van der Waals surface area (Å²) in [6, 6.07) is 5.84. The second-order valence-electron chi connectivity index (χ2n) is 4.71. The molecule has 2 aromatic rings. The van der Waals surface area contributed by atoms with E-state index in [4.69, 9.17) is 4.74 Å². The largest absolute Gasteiger partial charge is 0.497 e. The van der Waals surface area contributed by atoms with E-state index < -0.39 is 0 Å². The molecule has 1 aromatic carbocycles. The Kier molecular flexibility index (Phi) is 2.74. The molecule has 0 fully saturated rings. The van der Waals surface area contributed by atoms with Crippen LogP contribution in [-0.2, 0) is 11.2 Å². The Labute approximate surface area is 106 Å². The molecule has 0 radical (unpaired) electrons. The first kappa shape index (κ1) is 11.2. The van der Waals surface area contributed by atoms with Crippen LogP contribution >= 0.6 is 0 Å². The van der Waals surface area contributed by atoms with Crippen molar-refractivity contribution in [3.8, 4) is 5.75 Å². The lowest BCUT2D eigenvalue weighted by Gasteiger charge is -2.22. The lowest BCUT2D eigenvalue weighted by molar-refractivity contribution is -0.109. The third-order valence-electron chi connectivity index (χ3n) is 3.70. The molecule has 1 heterocycles.